The minimum absolute atomic E-state index is 0.0406. The van der Waals surface area contributed by atoms with Crippen LogP contribution in [0, 0.1) is 23.6 Å². The first-order valence-corrected chi connectivity index (χ1v) is 15.7. The number of benzene rings is 2. The number of carbonyl (C=O) groups is 2. The number of rotatable bonds is 9. The van der Waals surface area contributed by atoms with E-state index in [0.717, 1.165) is 48.6 Å². The van der Waals surface area contributed by atoms with E-state index in [1.807, 2.05) is 0 Å². The van der Waals surface area contributed by atoms with Gasteiger partial charge in [-0.15, -0.1) is 0 Å². The van der Waals surface area contributed by atoms with Crippen molar-refractivity contribution in [3.8, 4) is 0 Å². The summed E-state index contributed by atoms with van der Waals surface area (Å²) in [4.78, 5) is 23.4. The second-order valence-electron chi connectivity index (χ2n) is 13.0. The first-order valence-electron chi connectivity index (χ1n) is 14.2. The van der Waals surface area contributed by atoms with E-state index >= 15 is 4.39 Å². The summed E-state index contributed by atoms with van der Waals surface area (Å²) >= 11 is 0. The molecule has 4 fully saturated rings. The maximum Gasteiger partial charge on any atom is 0.408 e. The second-order valence-corrected chi connectivity index (χ2v) is 15.0. The predicted molar refractivity (Wildman–Crippen MR) is 149 cm³/mol. The molecule has 0 radical (unpaired) electrons. The second kappa shape index (κ2) is 11.0. The van der Waals surface area contributed by atoms with Crippen LogP contribution in [0.4, 0.5) is 9.18 Å². The van der Waals surface area contributed by atoms with Gasteiger partial charge < -0.3 is 19.9 Å². The minimum atomic E-state index is -3.97. The van der Waals surface area contributed by atoms with Gasteiger partial charge in [-0.3, -0.25) is 0 Å². The van der Waals surface area contributed by atoms with Gasteiger partial charge in [-0.1, -0.05) is 18.2 Å². The summed E-state index contributed by atoms with van der Waals surface area (Å²) in [5.74, 6) is 0.0570. The summed E-state index contributed by atoms with van der Waals surface area (Å²) in [5, 5.41) is 11.6. The quantitative estimate of drug-likeness (QED) is 0.391. The van der Waals surface area contributed by atoms with Crippen molar-refractivity contribution in [3.05, 3.63) is 59.4 Å². The molecule has 4 aliphatic carbocycles. The molecule has 0 aromatic heterocycles. The van der Waals surface area contributed by atoms with E-state index in [4.69, 9.17) is 9.47 Å². The van der Waals surface area contributed by atoms with Crippen molar-refractivity contribution in [2.24, 2.45) is 17.8 Å². The molecule has 2 N–H and O–H groups in total. The Morgan fingerprint density at radius 1 is 1.02 bits per heavy atom. The van der Waals surface area contributed by atoms with Gasteiger partial charge in [0.1, 0.15) is 11.4 Å². The highest BCUT2D eigenvalue weighted by Gasteiger charge is 2.51. The van der Waals surface area contributed by atoms with Crippen molar-refractivity contribution in [3.63, 3.8) is 0 Å². The van der Waals surface area contributed by atoms with Crippen LogP contribution in [0.3, 0.4) is 0 Å². The van der Waals surface area contributed by atoms with Gasteiger partial charge in [0.15, 0.2) is 6.04 Å². The van der Waals surface area contributed by atoms with Crippen LogP contribution in [0.15, 0.2) is 52.3 Å². The van der Waals surface area contributed by atoms with Gasteiger partial charge >= 0.3 is 12.1 Å². The van der Waals surface area contributed by atoms with E-state index in [1.54, 1.807) is 39.0 Å². The molecule has 8 nitrogen and oxygen atoms in total. The molecule has 4 bridgehead atoms. The summed E-state index contributed by atoms with van der Waals surface area (Å²) < 4.78 is 52.5. The first kappa shape index (κ1) is 29.5. The number of aliphatic carboxylic acids is 1. The summed E-state index contributed by atoms with van der Waals surface area (Å²) in [6.07, 6.45) is 6.31. The molecule has 0 heterocycles. The lowest BCUT2D eigenvalue weighted by Gasteiger charge is -2.57. The molecule has 6 rings (SSSR count). The zero-order valence-corrected chi connectivity index (χ0v) is 24.5. The molecular formula is C31H38FNO7S. The molecule has 4 saturated carbocycles. The van der Waals surface area contributed by atoms with Crippen LogP contribution < -0.4 is 5.32 Å². The van der Waals surface area contributed by atoms with Crippen LogP contribution in [0.5, 0.6) is 0 Å². The Morgan fingerprint density at radius 3 is 2.20 bits per heavy atom. The molecule has 0 aliphatic heterocycles. The molecule has 1 atom stereocenters. The van der Waals surface area contributed by atoms with Crippen LogP contribution in [0.2, 0.25) is 0 Å². The predicted octanol–water partition coefficient (Wildman–Crippen LogP) is 5.62. The van der Waals surface area contributed by atoms with Crippen LogP contribution in [0.25, 0.3) is 0 Å². The SMILES string of the molecule is CC(C)(C)OC(=O)NC(COCc1ccc(S(=O)(=O)c2cccc(C34CC5CC(CC(C5)C3)C4)c2)cc1F)C(=O)O. The van der Waals surface area contributed by atoms with Gasteiger partial charge in [0.2, 0.25) is 9.84 Å². The number of hydrogen-bond acceptors (Lipinski definition) is 6. The van der Waals surface area contributed by atoms with Crippen molar-refractivity contribution in [1.82, 2.24) is 5.32 Å². The van der Waals surface area contributed by atoms with E-state index in [-0.39, 0.29) is 27.4 Å². The topological polar surface area (TPSA) is 119 Å². The Bertz CT molecular complexity index is 1400. The van der Waals surface area contributed by atoms with Crippen molar-refractivity contribution in [2.75, 3.05) is 6.61 Å². The number of ether oxygens (including phenoxy) is 2. The van der Waals surface area contributed by atoms with E-state index in [1.165, 1.54) is 31.4 Å². The molecule has 1 unspecified atom stereocenters. The van der Waals surface area contributed by atoms with Gasteiger partial charge in [-0.05, 0) is 112 Å². The van der Waals surface area contributed by atoms with Crippen molar-refractivity contribution in [1.29, 1.82) is 0 Å². The number of halogens is 1. The number of carboxylic acid groups (broad SMARTS) is 1. The number of sulfone groups is 1. The third-order valence-corrected chi connectivity index (χ3v) is 10.4. The maximum absolute atomic E-state index is 15.0. The van der Waals surface area contributed by atoms with Crippen LogP contribution >= 0.6 is 0 Å². The molecule has 41 heavy (non-hydrogen) atoms. The third-order valence-electron chi connectivity index (χ3n) is 8.66. The summed E-state index contributed by atoms with van der Waals surface area (Å²) in [5.41, 5.74) is 0.373. The number of carbonyl (C=O) groups excluding carboxylic acids is 1. The summed E-state index contributed by atoms with van der Waals surface area (Å²) in [6.45, 7) is 4.18. The van der Waals surface area contributed by atoms with E-state index < -0.39 is 46.0 Å². The first-order chi connectivity index (χ1) is 19.2. The third kappa shape index (κ3) is 6.43. The zero-order valence-electron chi connectivity index (χ0n) is 23.7. The van der Waals surface area contributed by atoms with Crippen molar-refractivity contribution >= 4 is 21.9 Å². The number of nitrogens with one attached hydrogen (secondary N) is 1. The molecule has 0 spiro atoms. The van der Waals surface area contributed by atoms with Gasteiger partial charge in [0, 0.05) is 5.56 Å². The van der Waals surface area contributed by atoms with Crippen molar-refractivity contribution in [2.45, 2.75) is 92.8 Å². The summed E-state index contributed by atoms with van der Waals surface area (Å²) in [7, 11) is -3.97. The Labute approximate surface area is 240 Å². The number of alkyl carbamates (subject to hydrolysis) is 1. The fraction of sp³-hybridized carbons (Fsp3) is 0.548. The molecule has 2 aromatic rings. The fourth-order valence-corrected chi connectivity index (χ4v) is 8.63. The number of hydrogen-bond donors (Lipinski definition) is 2. The molecular weight excluding hydrogens is 549 g/mol. The maximum atomic E-state index is 15.0. The lowest BCUT2D eigenvalue weighted by atomic mass is 9.48. The highest BCUT2D eigenvalue weighted by Crippen LogP contribution is 2.60. The van der Waals surface area contributed by atoms with E-state index in [2.05, 4.69) is 11.4 Å². The normalized spacial score (nSPS) is 26.0. The van der Waals surface area contributed by atoms with Crippen molar-refractivity contribution < 1.29 is 37.0 Å². The van der Waals surface area contributed by atoms with Crippen LogP contribution in [0.1, 0.15) is 70.4 Å². The van der Waals surface area contributed by atoms with Gasteiger partial charge in [0.25, 0.3) is 0 Å². The fourth-order valence-electron chi connectivity index (χ4n) is 7.32. The number of amides is 1. The minimum Gasteiger partial charge on any atom is -0.480 e. The largest absolute Gasteiger partial charge is 0.480 e. The van der Waals surface area contributed by atoms with Gasteiger partial charge in [0.05, 0.1) is 23.0 Å². The lowest BCUT2D eigenvalue weighted by Crippen LogP contribution is -2.48. The Balaban J connectivity index is 1.26. The monoisotopic (exact) mass is 587 g/mol. The molecule has 1 amide bonds. The molecule has 222 valence electrons. The summed E-state index contributed by atoms with van der Waals surface area (Å²) in [6, 6.07) is 9.43. The molecule has 4 aliphatic rings. The van der Waals surface area contributed by atoms with Crippen LogP contribution in [-0.2, 0) is 36.1 Å². The molecule has 2 aromatic carbocycles. The Kier molecular flexibility index (Phi) is 7.93. The Hall–Kier alpha value is -2.98. The average Bonchev–Trinajstić information content (AvgIpc) is 2.87. The van der Waals surface area contributed by atoms with E-state index in [9.17, 15) is 23.1 Å². The Morgan fingerprint density at radius 2 is 1.63 bits per heavy atom. The van der Waals surface area contributed by atoms with Crippen LogP contribution in [-0.4, -0.2) is 43.8 Å². The number of carboxylic acids is 1. The van der Waals surface area contributed by atoms with E-state index in [0.29, 0.717) is 0 Å². The molecule has 10 heteroatoms. The smallest absolute Gasteiger partial charge is 0.408 e. The average molecular weight is 588 g/mol. The zero-order chi connectivity index (χ0) is 29.6. The highest BCUT2D eigenvalue weighted by atomic mass is 32.2. The van der Waals surface area contributed by atoms with Gasteiger partial charge in [-0.2, -0.15) is 0 Å². The highest BCUT2D eigenvalue weighted by molar-refractivity contribution is 7.91. The lowest BCUT2D eigenvalue weighted by molar-refractivity contribution is -0.141. The van der Waals surface area contributed by atoms with Gasteiger partial charge in [-0.25, -0.2) is 22.4 Å². The standard InChI is InChI=1S/C31H38FNO7S/c1-30(2,3)40-29(36)33-27(28(34)35)18-39-17-22-7-8-25(13-26(22)32)41(37,38)24-6-4-5-23(12-24)31-14-19-9-20(15-31)11-21(10-19)16-31/h4-8,12-13,19-21,27H,9-11,14-18H2,1-3H3,(H,33,36)(H,34,35). The molecule has 0 saturated heterocycles.